The molecule has 4 aliphatic heterocycles. The van der Waals surface area contributed by atoms with Crippen LogP contribution in [0.2, 0.25) is 0 Å². The van der Waals surface area contributed by atoms with Crippen LogP contribution in [0.4, 0.5) is 21.0 Å². The Labute approximate surface area is 447 Å². The number of piperazine rings is 1. The maximum absolute atomic E-state index is 14.7. The number of urea groups is 1. The molecule has 1 aromatic heterocycles. The number of nitrogens with zero attached hydrogens (tertiary/aromatic N) is 5. The van der Waals surface area contributed by atoms with Crippen molar-refractivity contribution in [1.29, 1.82) is 0 Å². The van der Waals surface area contributed by atoms with Crippen LogP contribution in [0.25, 0.3) is 21.7 Å². The number of aromatic nitrogens is 1. The van der Waals surface area contributed by atoms with Crippen LogP contribution in [0.5, 0.6) is 5.75 Å². The van der Waals surface area contributed by atoms with Crippen LogP contribution < -0.4 is 41.5 Å². The lowest BCUT2D eigenvalue weighted by Gasteiger charge is -2.31. The molecule has 0 radical (unpaired) electrons. The van der Waals surface area contributed by atoms with Gasteiger partial charge in [-0.3, -0.25) is 38.5 Å². The van der Waals surface area contributed by atoms with Crippen molar-refractivity contribution in [2.75, 3.05) is 94.3 Å². The van der Waals surface area contributed by atoms with Gasteiger partial charge in [-0.2, -0.15) is 0 Å². The summed E-state index contributed by atoms with van der Waals surface area (Å²) in [6.45, 7) is 7.06. The number of hydrogen-bond donors (Lipinski definition) is 6. The average Bonchev–Trinajstić information content (AvgIpc) is 4.22. The Morgan fingerprint density at radius 2 is 1.55 bits per heavy atom. The number of halogens is 1. The van der Waals surface area contributed by atoms with Crippen molar-refractivity contribution in [3.63, 3.8) is 0 Å². The molecular formula is C53H64BrN11O11. The topological polar surface area (TPSA) is 278 Å². The Bertz CT molecular complexity index is 2930. The molecule has 5 heterocycles. The Morgan fingerprint density at radius 1 is 0.816 bits per heavy atom. The van der Waals surface area contributed by atoms with Gasteiger partial charge in [0.05, 0.1) is 18.9 Å². The van der Waals surface area contributed by atoms with E-state index in [1.165, 1.54) is 0 Å². The summed E-state index contributed by atoms with van der Waals surface area (Å²) in [5.74, 6) is -3.10. The van der Waals surface area contributed by atoms with Crippen molar-refractivity contribution in [3.8, 4) is 5.75 Å². The van der Waals surface area contributed by atoms with E-state index >= 15 is 0 Å². The molecule has 7 N–H and O–H groups in total. The third-order valence-corrected chi connectivity index (χ3v) is 14.9. The summed E-state index contributed by atoms with van der Waals surface area (Å²) < 4.78 is 11.6. The fraction of sp³-hybridized carbons (Fsp3) is 0.453. The molecule has 4 aromatic rings. The van der Waals surface area contributed by atoms with Gasteiger partial charge in [0.1, 0.15) is 23.5 Å². The first-order chi connectivity index (χ1) is 36.5. The maximum Gasteiger partial charge on any atom is 0.415 e. The Hall–Kier alpha value is -7.37. The number of anilines is 2. The van der Waals surface area contributed by atoms with Crippen molar-refractivity contribution in [3.05, 3.63) is 77.5 Å². The van der Waals surface area contributed by atoms with Crippen LogP contribution >= 0.6 is 15.9 Å². The average molecular weight is 1110 g/mol. The van der Waals surface area contributed by atoms with Gasteiger partial charge in [0.2, 0.25) is 23.6 Å². The number of imide groups is 1. The lowest BCUT2D eigenvalue weighted by atomic mass is 9.95. The number of fused-ring (bicyclic) bond motifs is 6. The molecule has 0 unspecified atom stereocenters. The number of likely N-dealkylation sites (N-methyl/N-ethyl adjacent to an activating group) is 1. The van der Waals surface area contributed by atoms with E-state index < -0.39 is 53.7 Å². The van der Waals surface area contributed by atoms with Gasteiger partial charge in [-0.15, -0.1) is 0 Å². The van der Waals surface area contributed by atoms with Crippen molar-refractivity contribution in [2.24, 2.45) is 11.7 Å². The zero-order valence-corrected chi connectivity index (χ0v) is 44.4. The van der Waals surface area contributed by atoms with Crippen LogP contribution in [0, 0.1) is 5.92 Å². The number of alkyl halides is 1. The van der Waals surface area contributed by atoms with Crippen molar-refractivity contribution in [2.45, 2.75) is 64.0 Å². The lowest BCUT2D eigenvalue weighted by molar-refractivity contribution is -0.137. The SMILES string of the molecule is CC(C)[C@H](NC(=O)CCOCCNC(=O)CCN1C(=O)C=CC1=O)C(=O)N[C@@H](CCCNC(N)=O)C(=O)N1CCc2c1ccc1[nH]c(C(=O)N3C[C@@H](CBr)c4c3cc(OC(=O)N3CCN(C)CC3)c3ccccc43)cc21. The van der Waals surface area contributed by atoms with E-state index in [0.29, 0.717) is 66.1 Å². The van der Waals surface area contributed by atoms with E-state index in [1.54, 1.807) is 40.7 Å². The molecule has 0 bridgehead atoms. The highest BCUT2D eigenvalue weighted by Gasteiger charge is 2.38. The van der Waals surface area contributed by atoms with E-state index in [-0.39, 0.29) is 82.3 Å². The molecule has 22 nitrogen and oxygen atoms in total. The Kier molecular flexibility index (Phi) is 17.7. The van der Waals surface area contributed by atoms with E-state index in [9.17, 15) is 43.2 Å². The first-order valence-electron chi connectivity index (χ1n) is 25.6. The molecule has 8 rings (SSSR count). The minimum atomic E-state index is -1.06. The standard InChI is InChI=1S/C53H64BrN11O11/c1-31(2)48(60-44(67)16-25-75-26-18-56-43(66)15-20-64-45(68)12-13-46(64)69)49(70)59-38(9-6-17-57-52(55)73)50(71)63-19-14-33-36-27-39(58-37(36)10-11-40(33)63)51(72)65-30-32(29-54)47-35-8-5-4-7-34(35)42(28-41(47)65)76-53(74)62-23-21-61(3)22-24-62/h4-5,7-8,10-13,27-28,31-32,38,48,58H,6,9,14-26,29-30H2,1-3H3,(H,56,66)(H,59,70)(H,60,67)(H3,55,57,73)/t32-,38+,48+/m1/s1. The highest BCUT2D eigenvalue weighted by atomic mass is 79.9. The molecule has 10 amide bonds. The molecule has 404 valence electrons. The molecule has 76 heavy (non-hydrogen) atoms. The molecule has 3 aromatic carbocycles. The van der Waals surface area contributed by atoms with Gasteiger partial charge in [0.15, 0.2) is 0 Å². The number of carbonyl (C=O) groups excluding carboxylic acids is 9. The number of nitrogens with one attached hydrogen (secondary N) is 5. The summed E-state index contributed by atoms with van der Waals surface area (Å²) in [5.41, 5.74) is 9.44. The van der Waals surface area contributed by atoms with Crippen LogP contribution in [-0.2, 0) is 39.9 Å². The third kappa shape index (κ3) is 12.5. The molecule has 0 spiro atoms. The van der Waals surface area contributed by atoms with Crippen LogP contribution in [0.15, 0.2) is 60.7 Å². The number of primary amides is 1. The van der Waals surface area contributed by atoms with Gasteiger partial charge in [-0.1, -0.05) is 54.0 Å². The molecular weight excluding hydrogens is 1050 g/mol. The number of rotatable bonds is 21. The largest absolute Gasteiger partial charge is 0.415 e. The third-order valence-electron chi connectivity index (χ3n) is 14.1. The molecule has 0 aliphatic carbocycles. The number of H-pyrrole nitrogens is 1. The highest BCUT2D eigenvalue weighted by Crippen LogP contribution is 2.46. The number of hydrogen-bond acceptors (Lipinski definition) is 12. The fourth-order valence-corrected chi connectivity index (χ4v) is 10.6. The van der Waals surface area contributed by atoms with Crippen molar-refractivity contribution in [1.82, 2.24) is 41.0 Å². The van der Waals surface area contributed by atoms with Gasteiger partial charge in [0, 0.05) is 123 Å². The number of benzene rings is 3. The molecule has 1 fully saturated rings. The maximum atomic E-state index is 14.7. The van der Waals surface area contributed by atoms with Gasteiger partial charge in [-0.25, -0.2) is 9.59 Å². The van der Waals surface area contributed by atoms with E-state index in [0.717, 1.165) is 57.4 Å². The van der Waals surface area contributed by atoms with Crippen LogP contribution in [0.3, 0.4) is 0 Å². The first-order valence-corrected chi connectivity index (χ1v) is 26.7. The smallest absolute Gasteiger partial charge is 0.409 e. The predicted octanol–water partition coefficient (Wildman–Crippen LogP) is 3.01. The second kappa shape index (κ2) is 24.5. The quantitative estimate of drug-likeness (QED) is 0.0399. The van der Waals surface area contributed by atoms with E-state index in [1.807, 2.05) is 43.4 Å². The molecule has 23 heteroatoms. The minimum absolute atomic E-state index is 0.0126. The summed E-state index contributed by atoms with van der Waals surface area (Å²) in [6, 6.07) is 12.2. The van der Waals surface area contributed by atoms with Crippen LogP contribution in [0.1, 0.15) is 67.1 Å². The van der Waals surface area contributed by atoms with Gasteiger partial charge >= 0.3 is 12.1 Å². The summed E-state index contributed by atoms with van der Waals surface area (Å²) >= 11 is 3.70. The first kappa shape index (κ1) is 54.9. The normalized spacial score (nSPS) is 17.0. The van der Waals surface area contributed by atoms with Crippen molar-refractivity contribution >= 4 is 102 Å². The fourth-order valence-electron chi connectivity index (χ4n) is 10.1. The molecule has 1 saturated heterocycles. The van der Waals surface area contributed by atoms with Crippen LogP contribution in [-0.4, -0.2) is 170 Å². The van der Waals surface area contributed by atoms with Gasteiger partial charge in [0.25, 0.3) is 17.7 Å². The lowest BCUT2D eigenvalue weighted by Crippen LogP contribution is -2.56. The second-order valence-corrected chi connectivity index (χ2v) is 20.3. The summed E-state index contributed by atoms with van der Waals surface area (Å²) in [4.78, 5) is 128. The number of amides is 10. The summed E-state index contributed by atoms with van der Waals surface area (Å²) in [5, 5.41) is 13.8. The zero-order chi connectivity index (χ0) is 54.2. The van der Waals surface area contributed by atoms with E-state index in [4.69, 9.17) is 15.2 Å². The molecule has 0 saturated carbocycles. The van der Waals surface area contributed by atoms with Gasteiger partial charge < -0.3 is 61.1 Å². The van der Waals surface area contributed by atoms with Gasteiger partial charge in [-0.05, 0) is 66.9 Å². The number of aromatic amines is 1. The Morgan fingerprint density at radius 3 is 2.26 bits per heavy atom. The van der Waals surface area contributed by atoms with Crippen molar-refractivity contribution < 1.29 is 52.6 Å². The molecule has 3 atom stereocenters. The highest BCUT2D eigenvalue weighted by molar-refractivity contribution is 9.09. The summed E-state index contributed by atoms with van der Waals surface area (Å²) in [6.07, 6.45) is 2.57. The second-order valence-electron chi connectivity index (χ2n) is 19.6. The predicted molar refractivity (Wildman–Crippen MR) is 286 cm³/mol. The summed E-state index contributed by atoms with van der Waals surface area (Å²) in [7, 11) is 2.01. The number of nitrogens with two attached hydrogens (primary N) is 1. The zero-order valence-electron chi connectivity index (χ0n) is 42.8. The monoisotopic (exact) mass is 1110 g/mol. The minimum Gasteiger partial charge on any atom is -0.409 e. The Balaban J connectivity index is 0.921. The van der Waals surface area contributed by atoms with E-state index in [2.05, 4.69) is 47.1 Å². The number of carbonyl (C=O) groups is 9. The molecule has 4 aliphatic rings. The number of ether oxygens (including phenoxy) is 2.